The topological polar surface area (TPSA) is 21.3 Å². The van der Waals surface area contributed by atoms with Gasteiger partial charge in [-0.05, 0) is 92.5 Å². The molecule has 0 N–H and O–H groups in total. The number of rotatable bonds is 5. The van der Waals surface area contributed by atoms with Crippen LogP contribution in [0.1, 0.15) is 0 Å². The third kappa shape index (κ3) is 4.86. The summed E-state index contributed by atoms with van der Waals surface area (Å²) in [6, 6.07) is 74.5. The zero-order chi connectivity index (χ0) is 37.5. The van der Waals surface area contributed by atoms with E-state index in [-0.39, 0.29) is 0 Å². The molecule has 0 atom stereocenters. The quantitative estimate of drug-likeness (QED) is 0.165. The van der Waals surface area contributed by atoms with Gasteiger partial charge < -0.3 is 13.9 Å². The Kier molecular flexibility index (Phi) is 6.93. The molecule has 3 heteroatoms. The van der Waals surface area contributed by atoms with E-state index in [4.69, 9.17) is 4.42 Å². The predicted molar refractivity (Wildman–Crippen MR) is 241 cm³/mol. The van der Waals surface area contributed by atoms with E-state index < -0.39 is 0 Å². The van der Waals surface area contributed by atoms with Gasteiger partial charge in [0, 0.05) is 50.2 Å². The Balaban J connectivity index is 1.22. The molecule has 0 fully saturated rings. The summed E-state index contributed by atoms with van der Waals surface area (Å²) in [5.41, 5.74) is 10.6. The molecule has 0 aliphatic heterocycles. The molecule has 2 aromatic heterocycles. The van der Waals surface area contributed by atoms with Crippen LogP contribution in [-0.2, 0) is 0 Å². The highest BCUT2D eigenvalue weighted by Gasteiger charge is 2.24. The number of nitrogens with zero attached hydrogens (tertiary/aromatic N) is 2. The minimum atomic E-state index is 0.848. The summed E-state index contributed by atoms with van der Waals surface area (Å²) in [7, 11) is 0. The van der Waals surface area contributed by atoms with Crippen LogP contribution in [0.15, 0.2) is 211 Å². The van der Waals surface area contributed by atoms with Crippen molar-refractivity contribution in [2.45, 2.75) is 0 Å². The SMILES string of the molecule is c1ccc(N(c2cc(-c3cccc4c5ccccc5n(-c5ccccc5)c34)c3c(c2)oc2ccc4ccccc4c23)c2ccc3ccc4ccccc4c3c2)cc1. The summed E-state index contributed by atoms with van der Waals surface area (Å²) in [6.07, 6.45) is 0. The number of fused-ring (bicyclic) bond motifs is 11. The first-order valence-electron chi connectivity index (χ1n) is 19.5. The normalized spacial score (nSPS) is 11.9. The van der Waals surface area contributed by atoms with E-state index in [1.165, 1.54) is 54.1 Å². The maximum Gasteiger partial charge on any atom is 0.138 e. The molecule has 0 radical (unpaired) electrons. The van der Waals surface area contributed by atoms with Crippen LogP contribution in [0.25, 0.3) is 92.9 Å². The molecule has 3 nitrogen and oxygen atoms in total. The lowest BCUT2D eigenvalue weighted by Gasteiger charge is -2.27. The Morgan fingerprint density at radius 3 is 1.81 bits per heavy atom. The van der Waals surface area contributed by atoms with E-state index in [1.807, 2.05) is 0 Å². The Labute approximate surface area is 328 Å². The van der Waals surface area contributed by atoms with Crippen LogP contribution in [0.2, 0.25) is 0 Å². The Hall–Kier alpha value is -7.62. The van der Waals surface area contributed by atoms with E-state index in [9.17, 15) is 0 Å². The number of hydrogen-bond acceptors (Lipinski definition) is 2. The second kappa shape index (κ2) is 12.5. The van der Waals surface area contributed by atoms with Gasteiger partial charge in [0.15, 0.2) is 0 Å². The van der Waals surface area contributed by atoms with Gasteiger partial charge in [-0.25, -0.2) is 0 Å². The van der Waals surface area contributed by atoms with Crippen LogP contribution < -0.4 is 4.90 Å². The highest BCUT2D eigenvalue weighted by molar-refractivity contribution is 6.25. The number of hydrogen-bond donors (Lipinski definition) is 0. The number of furan rings is 1. The summed E-state index contributed by atoms with van der Waals surface area (Å²) < 4.78 is 9.40. The predicted octanol–water partition coefficient (Wildman–Crippen LogP) is 15.3. The van der Waals surface area contributed by atoms with Crippen LogP contribution in [0.5, 0.6) is 0 Å². The van der Waals surface area contributed by atoms with Gasteiger partial charge in [0.05, 0.1) is 16.7 Å². The van der Waals surface area contributed by atoms with E-state index in [0.29, 0.717) is 0 Å². The van der Waals surface area contributed by atoms with Crippen LogP contribution in [0, 0.1) is 0 Å². The number of anilines is 3. The Bertz CT molecular complexity index is 3520. The minimum Gasteiger partial charge on any atom is -0.456 e. The minimum absolute atomic E-state index is 0.848. The molecule has 10 aromatic carbocycles. The molecule has 12 aromatic rings. The average Bonchev–Trinajstić information content (AvgIpc) is 3.83. The van der Waals surface area contributed by atoms with Gasteiger partial charge in [-0.1, -0.05) is 146 Å². The van der Waals surface area contributed by atoms with Crippen LogP contribution in [-0.4, -0.2) is 4.57 Å². The summed E-state index contributed by atoms with van der Waals surface area (Å²) in [5, 5.41) is 12.0. The number of para-hydroxylation sites is 4. The molecular weight excluding hydrogens is 693 g/mol. The van der Waals surface area contributed by atoms with Crippen molar-refractivity contribution in [2.24, 2.45) is 0 Å². The maximum absolute atomic E-state index is 6.97. The second-order valence-corrected chi connectivity index (χ2v) is 14.9. The van der Waals surface area contributed by atoms with Crippen molar-refractivity contribution >= 4 is 93.1 Å². The standard InChI is InChI=1S/C54H34N2O/c1-3-16-38(17-4-1)55(40-30-28-37-27-26-35-14-7-9-20-42(35)47(37)32-40)41-33-48(53-51(34-41)57-50-31-29-36-15-8-10-21-43(36)52(50)53)46-24-13-23-45-44-22-11-12-25-49(44)56(54(45)46)39-18-5-2-6-19-39/h1-34H. The molecule has 0 saturated carbocycles. The van der Waals surface area contributed by atoms with Gasteiger partial charge >= 0.3 is 0 Å². The molecule has 2 heterocycles. The van der Waals surface area contributed by atoms with E-state index in [2.05, 4.69) is 216 Å². The molecular formula is C54H34N2O. The summed E-state index contributed by atoms with van der Waals surface area (Å²) >= 11 is 0. The molecule has 0 spiro atoms. The first-order valence-corrected chi connectivity index (χ1v) is 19.5. The van der Waals surface area contributed by atoms with E-state index in [0.717, 1.165) is 55.8 Å². The van der Waals surface area contributed by atoms with Gasteiger partial charge in [0.2, 0.25) is 0 Å². The fraction of sp³-hybridized carbons (Fsp3) is 0. The summed E-state index contributed by atoms with van der Waals surface area (Å²) in [4.78, 5) is 2.38. The molecule has 266 valence electrons. The van der Waals surface area contributed by atoms with E-state index in [1.54, 1.807) is 0 Å². The Morgan fingerprint density at radius 1 is 0.351 bits per heavy atom. The third-order valence-electron chi connectivity index (χ3n) is 11.7. The van der Waals surface area contributed by atoms with Crippen LogP contribution in [0.3, 0.4) is 0 Å². The zero-order valence-corrected chi connectivity index (χ0v) is 30.9. The average molecular weight is 727 g/mol. The summed E-state index contributed by atoms with van der Waals surface area (Å²) in [6.45, 7) is 0. The first-order chi connectivity index (χ1) is 28.3. The van der Waals surface area contributed by atoms with Gasteiger partial charge in [-0.2, -0.15) is 0 Å². The molecule has 12 rings (SSSR count). The lowest BCUT2D eigenvalue weighted by Crippen LogP contribution is -2.10. The van der Waals surface area contributed by atoms with Gasteiger partial charge in [-0.3, -0.25) is 0 Å². The maximum atomic E-state index is 6.97. The Morgan fingerprint density at radius 2 is 0.982 bits per heavy atom. The van der Waals surface area contributed by atoms with Crippen molar-refractivity contribution in [3.05, 3.63) is 206 Å². The number of benzene rings is 10. The van der Waals surface area contributed by atoms with Crippen LogP contribution >= 0.6 is 0 Å². The highest BCUT2D eigenvalue weighted by Crippen LogP contribution is 2.48. The highest BCUT2D eigenvalue weighted by atomic mass is 16.3. The fourth-order valence-corrected chi connectivity index (χ4v) is 9.23. The lowest BCUT2D eigenvalue weighted by molar-refractivity contribution is 0.669. The largest absolute Gasteiger partial charge is 0.456 e. The van der Waals surface area contributed by atoms with Gasteiger partial charge in [-0.15, -0.1) is 0 Å². The third-order valence-corrected chi connectivity index (χ3v) is 11.7. The van der Waals surface area contributed by atoms with Crippen molar-refractivity contribution < 1.29 is 4.42 Å². The molecule has 0 amide bonds. The summed E-state index contributed by atoms with van der Waals surface area (Å²) in [5.74, 6) is 0. The van der Waals surface area contributed by atoms with Gasteiger partial charge in [0.1, 0.15) is 11.2 Å². The van der Waals surface area contributed by atoms with E-state index >= 15 is 0 Å². The monoisotopic (exact) mass is 726 g/mol. The molecule has 0 unspecified atom stereocenters. The molecule has 0 bridgehead atoms. The molecule has 57 heavy (non-hydrogen) atoms. The smallest absolute Gasteiger partial charge is 0.138 e. The molecule has 0 saturated heterocycles. The van der Waals surface area contributed by atoms with Gasteiger partial charge in [0.25, 0.3) is 0 Å². The van der Waals surface area contributed by atoms with Crippen molar-refractivity contribution in [1.82, 2.24) is 4.57 Å². The first kappa shape index (κ1) is 31.7. The zero-order valence-electron chi connectivity index (χ0n) is 30.9. The van der Waals surface area contributed by atoms with Crippen molar-refractivity contribution in [3.63, 3.8) is 0 Å². The van der Waals surface area contributed by atoms with Crippen LogP contribution in [0.4, 0.5) is 17.1 Å². The molecule has 0 aliphatic carbocycles. The van der Waals surface area contributed by atoms with Crippen molar-refractivity contribution in [3.8, 4) is 16.8 Å². The second-order valence-electron chi connectivity index (χ2n) is 14.9. The van der Waals surface area contributed by atoms with Crippen molar-refractivity contribution in [1.29, 1.82) is 0 Å². The van der Waals surface area contributed by atoms with Crippen molar-refractivity contribution in [2.75, 3.05) is 4.90 Å². The lowest BCUT2D eigenvalue weighted by atomic mass is 9.94. The number of aromatic nitrogens is 1. The fourth-order valence-electron chi connectivity index (χ4n) is 9.23. The molecule has 0 aliphatic rings.